The number of benzene rings is 1. The van der Waals surface area contributed by atoms with Crippen LogP contribution >= 0.6 is 11.6 Å². The molecule has 0 amide bonds. The zero-order chi connectivity index (χ0) is 14.6. The molecule has 8 heteroatoms. The molecule has 0 saturated carbocycles. The highest BCUT2D eigenvalue weighted by molar-refractivity contribution is 7.92. The average molecular weight is 308 g/mol. The Balaban J connectivity index is 3.38. The van der Waals surface area contributed by atoms with Crippen LogP contribution in [0.25, 0.3) is 0 Å². The number of nitro benzene ring substituents is 1. The van der Waals surface area contributed by atoms with Crippen molar-refractivity contribution in [3.8, 4) is 5.75 Å². The van der Waals surface area contributed by atoms with E-state index >= 15 is 0 Å². The molecule has 0 aliphatic heterocycles. The predicted octanol–water partition coefficient (Wildman–Crippen LogP) is 2.39. The summed E-state index contributed by atoms with van der Waals surface area (Å²) in [5.41, 5.74) is -0.485. The van der Waals surface area contributed by atoms with Gasteiger partial charge in [-0.3, -0.25) is 10.1 Å². The van der Waals surface area contributed by atoms with E-state index in [1.54, 1.807) is 0 Å². The van der Waals surface area contributed by atoms with E-state index in [4.69, 9.17) is 16.3 Å². The minimum absolute atomic E-state index is 0.171. The molecule has 0 bridgehead atoms. The second-order valence-corrected chi connectivity index (χ2v) is 6.64. The minimum Gasteiger partial charge on any atom is -0.497 e. The van der Waals surface area contributed by atoms with E-state index in [0.29, 0.717) is 0 Å². The summed E-state index contributed by atoms with van der Waals surface area (Å²) < 4.78 is 29.3. The number of alkyl halides is 1. The molecule has 0 aliphatic carbocycles. The van der Waals surface area contributed by atoms with Gasteiger partial charge in [0, 0.05) is 5.88 Å². The van der Waals surface area contributed by atoms with Crippen LogP contribution < -0.4 is 4.74 Å². The number of ether oxygens (including phenoxy) is 1. The Hall–Kier alpha value is -1.34. The molecular formula is C11H14ClNO5S. The van der Waals surface area contributed by atoms with Crippen LogP contribution in [0.5, 0.6) is 5.75 Å². The standard InChI is InChI=1S/C11H14ClNO5S/c1-8(5-6-12)19(16,17)11-4-3-9(18-2)7-10(11)13(14)15/h3-4,7-8H,5-6H2,1-2H3. The molecule has 0 N–H and O–H groups in total. The van der Waals surface area contributed by atoms with E-state index in [1.807, 2.05) is 0 Å². The van der Waals surface area contributed by atoms with Gasteiger partial charge >= 0.3 is 0 Å². The molecule has 1 aromatic rings. The van der Waals surface area contributed by atoms with E-state index in [2.05, 4.69) is 0 Å². The number of nitrogens with zero attached hydrogens (tertiary/aromatic N) is 1. The largest absolute Gasteiger partial charge is 0.497 e. The van der Waals surface area contributed by atoms with Crippen LogP contribution in [0.1, 0.15) is 13.3 Å². The van der Waals surface area contributed by atoms with E-state index in [0.717, 1.165) is 6.07 Å². The van der Waals surface area contributed by atoms with Crippen molar-refractivity contribution in [2.75, 3.05) is 13.0 Å². The third-order valence-electron chi connectivity index (χ3n) is 2.71. The fraction of sp³-hybridized carbons (Fsp3) is 0.455. The predicted molar refractivity (Wildman–Crippen MR) is 71.6 cm³/mol. The van der Waals surface area contributed by atoms with E-state index in [-0.39, 0.29) is 22.9 Å². The van der Waals surface area contributed by atoms with Gasteiger partial charge in [-0.15, -0.1) is 11.6 Å². The monoisotopic (exact) mass is 307 g/mol. The number of hydrogen-bond donors (Lipinski definition) is 0. The van der Waals surface area contributed by atoms with Crippen LogP contribution in [-0.4, -0.2) is 31.6 Å². The first-order valence-electron chi connectivity index (χ1n) is 5.47. The van der Waals surface area contributed by atoms with Gasteiger partial charge in [0.25, 0.3) is 5.69 Å². The molecule has 0 saturated heterocycles. The minimum atomic E-state index is -3.78. The molecule has 0 heterocycles. The molecule has 0 spiro atoms. The number of sulfone groups is 1. The summed E-state index contributed by atoms with van der Waals surface area (Å²) in [5, 5.41) is 10.2. The smallest absolute Gasteiger partial charge is 0.291 e. The lowest BCUT2D eigenvalue weighted by Gasteiger charge is -2.12. The molecule has 1 atom stereocenters. The van der Waals surface area contributed by atoms with Crippen LogP contribution in [0.15, 0.2) is 23.1 Å². The zero-order valence-corrected chi connectivity index (χ0v) is 12.1. The lowest BCUT2D eigenvalue weighted by Crippen LogP contribution is -2.19. The Morgan fingerprint density at radius 2 is 2.11 bits per heavy atom. The third-order valence-corrected chi connectivity index (χ3v) is 5.19. The van der Waals surface area contributed by atoms with Gasteiger partial charge in [0.05, 0.1) is 23.3 Å². The van der Waals surface area contributed by atoms with E-state index in [9.17, 15) is 18.5 Å². The normalized spacial score (nSPS) is 13.0. The summed E-state index contributed by atoms with van der Waals surface area (Å²) in [6.45, 7) is 1.48. The Bertz CT molecular complexity index is 572. The number of methoxy groups -OCH3 is 1. The van der Waals surface area contributed by atoms with Crippen molar-refractivity contribution in [1.82, 2.24) is 0 Å². The molecule has 0 radical (unpaired) electrons. The fourth-order valence-corrected chi connectivity index (χ4v) is 3.53. The van der Waals surface area contributed by atoms with Crippen molar-refractivity contribution in [1.29, 1.82) is 0 Å². The molecular weight excluding hydrogens is 294 g/mol. The molecule has 1 rings (SSSR count). The third kappa shape index (κ3) is 3.36. The van der Waals surface area contributed by atoms with Crippen LogP contribution in [0.3, 0.4) is 0 Å². The summed E-state index contributed by atoms with van der Waals surface area (Å²) in [6.07, 6.45) is 0.229. The van der Waals surface area contributed by atoms with Crippen molar-refractivity contribution in [2.45, 2.75) is 23.5 Å². The van der Waals surface area contributed by atoms with Crippen LogP contribution in [0.2, 0.25) is 0 Å². The molecule has 106 valence electrons. The first-order chi connectivity index (χ1) is 8.84. The van der Waals surface area contributed by atoms with Crippen LogP contribution in [0.4, 0.5) is 5.69 Å². The maximum absolute atomic E-state index is 12.2. The number of nitro groups is 1. The quantitative estimate of drug-likeness (QED) is 0.457. The van der Waals surface area contributed by atoms with Gasteiger partial charge in [-0.2, -0.15) is 0 Å². The molecule has 19 heavy (non-hydrogen) atoms. The molecule has 0 aromatic heterocycles. The fourth-order valence-electron chi connectivity index (χ4n) is 1.53. The molecule has 1 aromatic carbocycles. The van der Waals surface area contributed by atoms with Crippen molar-refractivity contribution < 1.29 is 18.1 Å². The molecule has 0 aliphatic rings. The van der Waals surface area contributed by atoms with Gasteiger partial charge in [-0.05, 0) is 25.5 Å². The lowest BCUT2D eigenvalue weighted by atomic mass is 10.3. The molecule has 0 fully saturated rings. The van der Waals surface area contributed by atoms with Gasteiger partial charge in [0.1, 0.15) is 10.6 Å². The van der Waals surface area contributed by atoms with Crippen LogP contribution in [0, 0.1) is 10.1 Å². The second kappa shape index (κ2) is 6.21. The summed E-state index contributed by atoms with van der Waals surface area (Å²) in [7, 11) is -2.43. The summed E-state index contributed by atoms with van der Waals surface area (Å²) in [6, 6.07) is 3.67. The van der Waals surface area contributed by atoms with Gasteiger partial charge in [0.15, 0.2) is 9.84 Å². The van der Waals surface area contributed by atoms with Crippen molar-refractivity contribution in [3.63, 3.8) is 0 Å². The summed E-state index contributed by atoms with van der Waals surface area (Å²) in [5.74, 6) is 0.403. The summed E-state index contributed by atoms with van der Waals surface area (Å²) >= 11 is 5.52. The van der Waals surface area contributed by atoms with Crippen LogP contribution in [-0.2, 0) is 9.84 Å². The average Bonchev–Trinajstić information content (AvgIpc) is 2.38. The maximum Gasteiger partial charge on any atom is 0.291 e. The van der Waals surface area contributed by atoms with Gasteiger partial charge < -0.3 is 4.74 Å². The van der Waals surface area contributed by atoms with Crippen molar-refractivity contribution in [3.05, 3.63) is 28.3 Å². The number of hydrogen-bond acceptors (Lipinski definition) is 5. The Morgan fingerprint density at radius 1 is 1.47 bits per heavy atom. The van der Waals surface area contributed by atoms with Gasteiger partial charge in [0.2, 0.25) is 0 Å². The number of halogens is 1. The molecule has 6 nitrogen and oxygen atoms in total. The first-order valence-corrected chi connectivity index (χ1v) is 7.55. The lowest BCUT2D eigenvalue weighted by molar-refractivity contribution is -0.387. The Labute approximate surface area is 116 Å². The van der Waals surface area contributed by atoms with Gasteiger partial charge in [-0.1, -0.05) is 0 Å². The highest BCUT2D eigenvalue weighted by Gasteiger charge is 2.30. The van der Waals surface area contributed by atoms with Gasteiger partial charge in [-0.25, -0.2) is 8.42 Å². The first kappa shape index (κ1) is 15.7. The van der Waals surface area contributed by atoms with E-state index < -0.39 is 25.7 Å². The number of rotatable bonds is 6. The highest BCUT2D eigenvalue weighted by Crippen LogP contribution is 2.31. The Kier molecular flexibility index (Phi) is 5.13. The highest BCUT2D eigenvalue weighted by atomic mass is 35.5. The maximum atomic E-state index is 12.2. The second-order valence-electron chi connectivity index (χ2n) is 3.92. The van der Waals surface area contributed by atoms with Crippen molar-refractivity contribution in [2.24, 2.45) is 0 Å². The zero-order valence-electron chi connectivity index (χ0n) is 10.5. The Morgan fingerprint density at radius 3 is 2.58 bits per heavy atom. The summed E-state index contributed by atoms with van der Waals surface area (Å²) in [4.78, 5) is 9.93. The topological polar surface area (TPSA) is 86.5 Å². The SMILES string of the molecule is COc1ccc(S(=O)(=O)C(C)CCCl)c([N+](=O)[O-])c1. The molecule has 1 unspecified atom stereocenters. The van der Waals surface area contributed by atoms with E-state index in [1.165, 1.54) is 26.2 Å². The van der Waals surface area contributed by atoms with Crippen molar-refractivity contribution >= 4 is 27.1 Å².